The molecule has 1 aromatic rings. The van der Waals surface area contributed by atoms with Crippen molar-refractivity contribution in [2.45, 2.75) is 51.2 Å². The normalized spacial score (nSPS) is 30.4. The first-order valence-corrected chi connectivity index (χ1v) is 5.99. The minimum atomic E-state index is -0.725. The second-order valence-corrected chi connectivity index (χ2v) is 5.06. The maximum Gasteiger partial charge on any atom is 0.0898 e. The van der Waals surface area contributed by atoms with E-state index < -0.39 is 5.60 Å². The van der Waals surface area contributed by atoms with Gasteiger partial charge in [-0.1, -0.05) is 18.2 Å². The smallest absolute Gasteiger partial charge is 0.0898 e. The topological polar surface area (TPSA) is 40.5 Å². The fourth-order valence-electron chi connectivity index (χ4n) is 2.40. The van der Waals surface area contributed by atoms with Gasteiger partial charge in [-0.3, -0.25) is 0 Å². The van der Waals surface area contributed by atoms with Gasteiger partial charge < -0.3 is 10.2 Å². The van der Waals surface area contributed by atoms with Gasteiger partial charge in [0.15, 0.2) is 0 Å². The van der Waals surface area contributed by atoms with Crippen molar-refractivity contribution in [2.24, 2.45) is 0 Å². The number of aliphatic hydroxyl groups is 2. The average molecular weight is 220 g/mol. The highest BCUT2D eigenvalue weighted by Gasteiger charge is 2.34. The molecule has 88 valence electrons. The quantitative estimate of drug-likeness (QED) is 0.763. The van der Waals surface area contributed by atoms with Gasteiger partial charge in [-0.2, -0.15) is 0 Å². The summed E-state index contributed by atoms with van der Waals surface area (Å²) in [4.78, 5) is 0. The zero-order valence-electron chi connectivity index (χ0n) is 10.0. The lowest BCUT2D eigenvalue weighted by Crippen LogP contribution is -2.33. The zero-order valence-corrected chi connectivity index (χ0v) is 10.0. The molecule has 16 heavy (non-hydrogen) atoms. The van der Waals surface area contributed by atoms with Crippen LogP contribution in [0.3, 0.4) is 0 Å². The summed E-state index contributed by atoms with van der Waals surface area (Å²) < 4.78 is 0. The molecule has 1 aromatic carbocycles. The Hall–Kier alpha value is -0.860. The Morgan fingerprint density at radius 3 is 2.31 bits per heavy atom. The molecule has 2 nitrogen and oxygen atoms in total. The molecule has 1 aliphatic rings. The highest BCUT2D eigenvalue weighted by molar-refractivity contribution is 5.33. The van der Waals surface area contributed by atoms with E-state index in [4.69, 9.17) is 0 Å². The Balaban J connectivity index is 2.25. The van der Waals surface area contributed by atoms with Crippen molar-refractivity contribution in [3.63, 3.8) is 0 Å². The van der Waals surface area contributed by atoms with Gasteiger partial charge in [0.1, 0.15) is 0 Å². The summed E-state index contributed by atoms with van der Waals surface area (Å²) in [7, 11) is 0. The van der Waals surface area contributed by atoms with E-state index in [1.165, 1.54) is 11.1 Å². The molecule has 1 fully saturated rings. The van der Waals surface area contributed by atoms with Crippen molar-refractivity contribution in [3.8, 4) is 0 Å². The molecule has 0 amide bonds. The molecule has 2 rings (SSSR count). The van der Waals surface area contributed by atoms with Crippen LogP contribution in [0.4, 0.5) is 0 Å². The Labute approximate surface area is 96.9 Å². The summed E-state index contributed by atoms with van der Waals surface area (Å²) in [5.74, 6) is 0. The Morgan fingerprint density at radius 1 is 1.12 bits per heavy atom. The Bertz CT molecular complexity index is 376. The van der Waals surface area contributed by atoms with Crippen LogP contribution in [0.1, 0.15) is 42.4 Å². The molecule has 0 saturated heterocycles. The molecule has 0 spiro atoms. The second-order valence-electron chi connectivity index (χ2n) is 5.06. The van der Waals surface area contributed by atoms with Gasteiger partial charge in [0.25, 0.3) is 0 Å². The van der Waals surface area contributed by atoms with Crippen molar-refractivity contribution in [1.82, 2.24) is 0 Å². The fraction of sp³-hybridized carbons (Fsp3) is 0.571. The minimum Gasteiger partial charge on any atom is -0.393 e. The third-order valence-electron chi connectivity index (χ3n) is 3.83. The number of hydrogen-bond acceptors (Lipinski definition) is 2. The number of aryl methyl sites for hydroxylation is 2. The second kappa shape index (κ2) is 4.19. The van der Waals surface area contributed by atoms with Gasteiger partial charge in [-0.15, -0.1) is 0 Å². The van der Waals surface area contributed by atoms with Crippen LogP contribution in [0.25, 0.3) is 0 Å². The highest BCUT2D eigenvalue weighted by Crippen LogP contribution is 2.37. The van der Waals surface area contributed by atoms with Crippen molar-refractivity contribution in [2.75, 3.05) is 0 Å². The monoisotopic (exact) mass is 220 g/mol. The van der Waals surface area contributed by atoms with Gasteiger partial charge in [0, 0.05) is 0 Å². The molecule has 0 aromatic heterocycles. The van der Waals surface area contributed by atoms with Gasteiger partial charge in [0.05, 0.1) is 11.7 Å². The van der Waals surface area contributed by atoms with E-state index in [-0.39, 0.29) is 6.10 Å². The Kier molecular flexibility index (Phi) is 3.04. The lowest BCUT2D eigenvalue weighted by Gasteiger charge is -2.35. The molecular formula is C14H20O2. The first-order chi connectivity index (χ1) is 7.51. The van der Waals surface area contributed by atoms with Crippen LogP contribution in [0.15, 0.2) is 18.2 Å². The molecule has 2 N–H and O–H groups in total. The van der Waals surface area contributed by atoms with E-state index >= 15 is 0 Å². The summed E-state index contributed by atoms with van der Waals surface area (Å²) in [5, 5.41) is 20.0. The van der Waals surface area contributed by atoms with Crippen molar-refractivity contribution in [3.05, 3.63) is 34.9 Å². The van der Waals surface area contributed by atoms with Crippen LogP contribution in [0, 0.1) is 13.8 Å². The van der Waals surface area contributed by atoms with Gasteiger partial charge in [-0.25, -0.2) is 0 Å². The lowest BCUT2D eigenvalue weighted by molar-refractivity contribution is -0.0361. The highest BCUT2D eigenvalue weighted by atomic mass is 16.3. The van der Waals surface area contributed by atoms with Gasteiger partial charge >= 0.3 is 0 Å². The number of hydrogen-bond donors (Lipinski definition) is 2. The number of benzene rings is 1. The standard InChI is InChI=1S/C14H20O2/c1-10-3-4-12(9-11(10)2)14(16)7-5-13(15)6-8-14/h3-4,9,13,15-16H,5-8H2,1-2H3. The fourth-order valence-corrected chi connectivity index (χ4v) is 2.40. The zero-order chi connectivity index (χ0) is 11.8. The van der Waals surface area contributed by atoms with Crippen LogP contribution >= 0.6 is 0 Å². The molecule has 1 saturated carbocycles. The molecular weight excluding hydrogens is 200 g/mol. The molecule has 0 unspecified atom stereocenters. The summed E-state index contributed by atoms with van der Waals surface area (Å²) >= 11 is 0. The van der Waals surface area contributed by atoms with E-state index in [1.807, 2.05) is 6.07 Å². The van der Waals surface area contributed by atoms with E-state index in [2.05, 4.69) is 26.0 Å². The van der Waals surface area contributed by atoms with Crippen LogP contribution in [0.5, 0.6) is 0 Å². The molecule has 1 aliphatic carbocycles. The molecule has 0 atom stereocenters. The van der Waals surface area contributed by atoms with Crippen LogP contribution in [-0.4, -0.2) is 16.3 Å². The third kappa shape index (κ3) is 2.13. The summed E-state index contributed by atoms with van der Waals surface area (Å²) in [5.41, 5.74) is 2.75. The van der Waals surface area contributed by atoms with E-state index in [0.717, 1.165) is 5.56 Å². The van der Waals surface area contributed by atoms with E-state index in [1.54, 1.807) is 0 Å². The van der Waals surface area contributed by atoms with Crippen molar-refractivity contribution >= 4 is 0 Å². The third-order valence-corrected chi connectivity index (χ3v) is 3.83. The number of aliphatic hydroxyl groups excluding tert-OH is 1. The first kappa shape index (κ1) is 11.6. The summed E-state index contributed by atoms with van der Waals surface area (Å²) in [6, 6.07) is 6.15. The minimum absolute atomic E-state index is 0.230. The predicted octanol–water partition coefficient (Wildman–Crippen LogP) is 2.43. The van der Waals surface area contributed by atoms with Gasteiger partial charge in [0.2, 0.25) is 0 Å². The predicted molar refractivity (Wildman–Crippen MR) is 64.3 cm³/mol. The summed E-state index contributed by atoms with van der Waals surface area (Å²) in [6.45, 7) is 4.15. The molecule has 0 bridgehead atoms. The largest absolute Gasteiger partial charge is 0.393 e. The summed E-state index contributed by atoms with van der Waals surface area (Å²) in [6.07, 6.45) is 2.49. The van der Waals surface area contributed by atoms with Gasteiger partial charge in [-0.05, 0) is 56.2 Å². The van der Waals surface area contributed by atoms with E-state index in [9.17, 15) is 10.2 Å². The SMILES string of the molecule is Cc1ccc(C2(O)CCC(O)CC2)cc1C. The van der Waals surface area contributed by atoms with Crippen molar-refractivity contribution < 1.29 is 10.2 Å². The molecule has 0 radical (unpaired) electrons. The Morgan fingerprint density at radius 2 is 1.75 bits per heavy atom. The number of rotatable bonds is 1. The molecule has 0 aliphatic heterocycles. The van der Waals surface area contributed by atoms with E-state index in [0.29, 0.717) is 25.7 Å². The molecule has 0 heterocycles. The maximum absolute atomic E-state index is 10.6. The average Bonchev–Trinajstić information content (AvgIpc) is 2.26. The van der Waals surface area contributed by atoms with Crippen molar-refractivity contribution in [1.29, 1.82) is 0 Å². The van der Waals surface area contributed by atoms with Crippen LogP contribution < -0.4 is 0 Å². The maximum atomic E-state index is 10.6. The van der Waals surface area contributed by atoms with Crippen LogP contribution in [-0.2, 0) is 5.60 Å². The lowest BCUT2D eigenvalue weighted by atomic mass is 9.78. The molecule has 2 heteroatoms. The first-order valence-electron chi connectivity index (χ1n) is 5.99. The van der Waals surface area contributed by atoms with Crippen LogP contribution in [0.2, 0.25) is 0 Å².